The van der Waals surface area contributed by atoms with E-state index in [4.69, 9.17) is 9.47 Å². The van der Waals surface area contributed by atoms with E-state index in [1.807, 2.05) is 0 Å². The molecule has 0 aliphatic rings. The van der Waals surface area contributed by atoms with Crippen molar-refractivity contribution in [3.8, 4) is 11.8 Å². The SMILES string of the molecule is CC(C)(C)OC(=O)Nc1cncc(C#Cc2cc(NC(=O)OC(C)(C)C)ccn2)c1. The first kappa shape index (κ1) is 22.7. The van der Waals surface area contributed by atoms with Crippen LogP contribution in [0.1, 0.15) is 52.8 Å². The Morgan fingerprint density at radius 2 is 1.47 bits per heavy atom. The summed E-state index contributed by atoms with van der Waals surface area (Å²) in [4.78, 5) is 32.0. The number of hydrogen-bond acceptors (Lipinski definition) is 6. The molecule has 2 rings (SSSR count). The van der Waals surface area contributed by atoms with Gasteiger partial charge in [-0.05, 0) is 65.7 Å². The van der Waals surface area contributed by atoms with Gasteiger partial charge in [0.25, 0.3) is 0 Å². The summed E-state index contributed by atoms with van der Waals surface area (Å²) in [6.45, 7) is 10.7. The lowest BCUT2D eigenvalue weighted by atomic mass is 10.2. The summed E-state index contributed by atoms with van der Waals surface area (Å²) in [7, 11) is 0. The molecule has 0 fully saturated rings. The van der Waals surface area contributed by atoms with Crippen LogP contribution >= 0.6 is 0 Å². The molecule has 2 amide bonds. The number of pyridine rings is 2. The van der Waals surface area contributed by atoms with Gasteiger partial charge in [0.05, 0.1) is 11.9 Å². The average molecular weight is 410 g/mol. The number of carbonyl (C=O) groups excluding carboxylic acids is 2. The predicted octanol–water partition coefficient (Wildman–Crippen LogP) is 4.57. The molecule has 2 heterocycles. The van der Waals surface area contributed by atoms with E-state index in [1.54, 1.807) is 65.9 Å². The maximum absolute atomic E-state index is 11.9. The van der Waals surface area contributed by atoms with Crippen molar-refractivity contribution in [2.24, 2.45) is 0 Å². The summed E-state index contributed by atoms with van der Waals surface area (Å²) >= 11 is 0. The summed E-state index contributed by atoms with van der Waals surface area (Å²) in [5, 5.41) is 5.26. The highest BCUT2D eigenvalue weighted by atomic mass is 16.6. The second kappa shape index (κ2) is 9.27. The molecule has 0 aliphatic carbocycles. The van der Waals surface area contributed by atoms with Crippen molar-refractivity contribution in [3.05, 3.63) is 48.0 Å². The molecule has 2 N–H and O–H groups in total. The molecule has 0 unspecified atom stereocenters. The first-order valence-electron chi connectivity index (χ1n) is 9.33. The number of rotatable bonds is 2. The fourth-order valence-corrected chi connectivity index (χ4v) is 2.13. The zero-order chi connectivity index (χ0) is 22.4. The number of hydrogen-bond donors (Lipinski definition) is 2. The van der Waals surface area contributed by atoms with Crippen LogP contribution < -0.4 is 10.6 Å². The number of nitrogens with zero attached hydrogens (tertiary/aromatic N) is 2. The number of amides is 2. The quantitative estimate of drug-likeness (QED) is 0.703. The molecule has 0 saturated carbocycles. The fourth-order valence-electron chi connectivity index (χ4n) is 2.13. The maximum atomic E-state index is 11.9. The van der Waals surface area contributed by atoms with Gasteiger partial charge in [0.2, 0.25) is 0 Å². The van der Waals surface area contributed by atoms with Crippen LogP contribution in [0.5, 0.6) is 0 Å². The third kappa shape index (κ3) is 8.61. The molecular formula is C22H26N4O4. The molecule has 0 spiro atoms. The minimum atomic E-state index is -0.598. The van der Waals surface area contributed by atoms with Gasteiger partial charge in [-0.1, -0.05) is 5.92 Å². The number of nitrogens with one attached hydrogen (secondary N) is 2. The number of anilines is 2. The number of aromatic nitrogens is 2. The highest BCUT2D eigenvalue weighted by Crippen LogP contribution is 2.14. The van der Waals surface area contributed by atoms with E-state index in [0.29, 0.717) is 22.6 Å². The lowest BCUT2D eigenvalue weighted by Gasteiger charge is -2.19. The van der Waals surface area contributed by atoms with E-state index in [1.165, 1.54) is 12.4 Å². The van der Waals surface area contributed by atoms with E-state index >= 15 is 0 Å². The Labute approximate surface area is 176 Å². The third-order valence-electron chi connectivity index (χ3n) is 3.12. The molecule has 158 valence electrons. The Bertz CT molecular complexity index is 901. The topological polar surface area (TPSA) is 102 Å². The van der Waals surface area contributed by atoms with Crippen LogP contribution in [0.2, 0.25) is 0 Å². The normalized spacial score (nSPS) is 11.0. The largest absolute Gasteiger partial charge is 0.444 e. The van der Waals surface area contributed by atoms with Gasteiger partial charge in [-0.2, -0.15) is 0 Å². The first-order chi connectivity index (χ1) is 13.9. The van der Waals surface area contributed by atoms with Crippen LogP contribution in [0.4, 0.5) is 21.0 Å². The van der Waals surface area contributed by atoms with Gasteiger partial charge < -0.3 is 9.47 Å². The van der Waals surface area contributed by atoms with E-state index in [-0.39, 0.29) is 0 Å². The van der Waals surface area contributed by atoms with Crippen LogP contribution in [0.3, 0.4) is 0 Å². The standard InChI is InChI=1S/C22H26N4O4/c1-21(2,3)29-19(27)25-17-9-10-24-16(12-17)8-7-15-11-18(14-23-13-15)26-20(28)30-22(4,5)6/h9-14H,1-6H3,(H,26,28)(H,24,25,27). The van der Waals surface area contributed by atoms with Crippen molar-refractivity contribution in [2.45, 2.75) is 52.7 Å². The van der Waals surface area contributed by atoms with E-state index in [0.717, 1.165) is 0 Å². The van der Waals surface area contributed by atoms with Gasteiger partial charge in [-0.15, -0.1) is 0 Å². The molecule has 0 bridgehead atoms. The Balaban J connectivity index is 2.07. The molecule has 2 aromatic heterocycles. The molecule has 8 heteroatoms. The van der Waals surface area contributed by atoms with Gasteiger partial charge in [-0.25, -0.2) is 14.6 Å². The fraction of sp³-hybridized carbons (Fsp3) is 0.364. The molecule has 0 radical (unpaired) electrons. The molecule has 0 saturated heterocycles. The predicted molar refractivity (Wildman–Crippen MR) is 114 cm³/mol. The van der Waals surface area contributed by atoms with Gasteiger partial charge in [0.1, 0.15) is 16.9 Å². The summed E-state index contributed by atoms with van der Waals surface area (Å²) in [5.41, 5.74) is 0.820. The second-order valence-electron chi connectivity index (χ2n) is 8.40. The first-order valence-corrected chi connectivity index (χ1v) is 9.33. The zero-order valence-corrected chi connectivity index (χ0v) is 18.0. The van der Waals surface area contributed by atoms with E-state index in [9.17, 15) is 9.59 Å². The highest BCUT2D eigenvalue weighted by molar-refractivity contribution is 5.85. The monoisotopic (exact) mass is 410 g/mol. The van der Waals surface area contributed by atoms with Gasteiger partial charge in [0, 0.05) is 23.6 Å². The minimum absolute atomic E-state index is 0.453. The molecular weight excluding hydrogens is 384 g/mol. The molecule has 8 nitrogen and oxygen atoms in total. The lowest BCUT2D eigenvalue weighted by Crippen LogP contribution is -2.27. The number of ether oxygens (including phenoxy) is 2. The van der Waals surface area contributed by atoms with Crippen molar-refractivity contribution >= 4 is 23.6 Å². The van der Waals surface area contributed by atoms with Crippen LogP contribution in [-0.2, 0) is 9.47 Å². The smallest absolute Gasteiger partial charge is 0.412 e. The van der Waals surface area contributed by atoms with E-state index in [2.05, 4.69) is 32.4 Å². The Morgan fingerprint density at radius 1 is 0.867 bits per heavy atom. The Hall–Kier alpha value is -3.60. The van der Waals surface area contributed by atoms with Crippen LogP contribution in [-0.4, -0.2) is 33.4 Å². The van der Waals surface area contributed by atoms with Crippen molar-refractivity contribution in [2.75, 3.05) is 10.6 Å². The van der Waals surface area contributed by atoms with Crippen LogP contribution in [0.15, 0.2) is 36.8 Å². The Kier molecular flexibility index (Phi) is 7.01. The summed E-state index contributed by atoms with van der Waals surface area (Å²) in [6, 6.07) is 4.95. The summed E-state index contributed by atoms with van der Waals surface area (Å²) in [6.07, 6.45) is 3.47. The lowest BCUT2D eigenvalue weighted by molar-refractivity contribution is 0.0624. The molecule has 0 atom stereocenters. The van der Waals surface area contributed by atoms with Crippen molar-refractivity contribution in [1.82, 2.24) is 9.97 Å². The highest BCUT2D eigenvalue weighted by Gasteiger charge is 2.17. The summed E-state index contributed by atoms with van der Waals surface area (Å²) < 4.78 is 10.4. The molecule has 0 aliphatic heterocycles. The van der Waals surface area contributed by atoms with Gasteiger partial charge in [-0.3, -0.25) is 15.6 Å². The zero-order valence-electron chi connectivity index (χ0n) is 18.0. The molecule has 2 aromatic rings. The van der Waals surface area contributed by atoms with Gasteiger partial charge >= 0.3 is 12.2 Å². The average Bonchev–Trinajstić information content (AvgIpc) is 2.57. The third-order valence-corrected chi connectivity index (χ3v) is 3.12. The van der Waals surface area contributed by atoms with E-state index < -0.39 is 23.4 Å². The van der Waals surface area contributed by atoms with Crippen LogP contribution in [0, 0.1) is 11.8 Å². The van der Waals surface area contributed by atoms with Gasteiger partial charge in [0.15, 0.2) is 0 Å². The minimum Gasteiger partial charge on any atom is -0.444 e. The molecule has 0 aromatic carbocycles. The van der Waals surface area contributed by atoms with Crippen molar-refractivity contribution in [1.29, 1.82) is 0 Å². The number of carbonyl (C=O) groups is 2. The molecule has 30 heavy (non-hydrogen) atoms. The maximum Gasteiger partial charge on any atom is 0.412 e. The Morgan fingerprint density at radius 3 is 2.07 bits per heavy atom. The summed E-state index contributed by atoms with van der Waals surface area (Å²) in [5.74, 6) is 5.83. The van der Waals surface area contributed by atoms with Crippen LogP contribution in [0.25, 0.3) is 0 Å². The second-order valence-corrected chi connectivity index (χ2v) is 8.40. The van der Waals surface area contributed by atoms with Crippen molar-refractivity contribution in [3.63, 3.8) is 0 Å². The van der Waals surface area contributed by atoms with Crippen molar-refractivity contribution < 1.29 is 19.1 Å².